The summed E-state index contributed by atoms with van der Waals surface area (Å²) in [5, 5.41) is 2.89. The first-order valence-corrected chi connectivity index (χ1v) is 10.2. The van der Waals surface area contributed by atoms with E-state index in [9.17, 15) is 14.4 Å². The maximum absolute atomic E-state index is 12.9. The lowest BCUT2D eigenvalue weighted by atomic mass is 9.76. The van der Waals surface area contributed by atoms with E-state index in [0.29, 0.717) is 17.2 Å². The summed E-state index contributed by atoms with van der Waals surface area (Å²) in [5.41, 5.74) is 3.88. The van der Waals surface area contributed by atoms with Crippen molar-refractivity contribution in [1.29, 1.82) is 0 Å². The Bertz CT molecular complexity index is 997. The van der Waals surface area contributed by atoms with E-state index in [0.717, 1.165) is 36.1 Å². The van der Waals surface area contributed by atoms with Gasteiger partial charge in [-0.1, -0.05) is 19.1 Å². The first kappa shape index (κ1) is 19.4. The SMILES string of the molecule is Cc1ccc(NC(=O)c2cccc(N3C(=O)[C@H]4C[C@@H](C)CC[C@H]4C3=O)c2)cc1C. The molecule has 1 N–H and O–H groups in total. The number of imide groups is 1. The molecular formula is C24H26N2O3. The number of carbonyl (C=O) groups is 3. The Morgan fingerprint density at radius 2 is 1.72 bits per heavy atom. The number of fused-ring (bicyclic) bond motifs is 1. The molecule has 0 unspecified atom stereocenters. The quantitative estimate of drug-likeness (QED) is 0.786. The van der Waals surface area contributed by atoms with Crippen LogP contribution in [-0.2, 0) is 9.59 Å². The van der Waals surface area contributed by atoms with E-state index in [2.05, 4.69) is 12.2 Å². The minimum absolute atomic E-state index is 0.126. The van der Waals surface area contributed by atoms with E-state index >= 15 is 0 Å². The van der Waals surface area contributed by atoms with Gasteiger partial charge in [-0.15, -0.1) is 0 Å². The number of hydrogen-bond acceptors (Lipinski definition) is 3. The second-order valence-corrected chi connectivity index (χ2v) is 8.45. The molecule has 150 valence electrons. The fourth-order valence-electron chi connectivity index (χ4n) is 4.45. The topological polar surface area (TPSA) is 66.5 Å². The number of aryl methyl sites for hydroxylation is 2. The van der Waals surface area contributed by atoms with Gasteiger partial charge in [0.1, 0.15) is 0 Å². The number of nitrogens with one attached hydrogen (secondary N) is 1. The predicted octanol–water partition coefficient (Wildman–Crippen LogP) is 4.48. The maximum Gasteiger partial charge on any atom is 0.255 e. The predicted molar refractivity (Wildman–Crippen MR) is 113 cm³/mol. The highest BCUT2D eigenvalue weighted by Gasteiger charge is 2.50. The van der Waals surface area contributed by atoms with Crippen LogP contribution in [0.15, 0.2) is 42.5 Å². The van der Waals surface area contributed by atoms with Crippen LogP contribution >= 0.6 is 0 Å². The van der Waals surface area contributed by atoms with Crippen LogP contribution < -0.4 is 10.2 Å². The Hall–Kier alpha value is -2.95. The molecule has 1 heterocycles. The standard InChI is InChI=1S/C24H26N2O3/c1-14-7-10-20-21(11-14)24(29)26(23(20)28)19-6-4-5-17(13-19)22(27)25-18-9-8-15(2)16(3)12-18/h4-6,8-9,12-14,20-21H,7,10-11H2,1-3H3,(H,25,27)/t14-,20+,21-/m0/s1. The Labute approximate surface area is 171 Å². The molecule has 0 bridgehead atoms. The average Bonchev–Trinajstić information content (AvgIpc) is 2.94. The van der Waals surface area contributed by atoms with Gasteiger partial charge in [-0.05, 0) is 80.5 Å². The molecule has 5 nitrogen and oxygen atoms in total. The molecule has 2 fully saturated rings. The molecule has 1 aliphatic heterocycles. The molecule has 1 aliphatic carbocycles. The molecule has 2 aliphatic rings. The molecule has 4 rings (SSSR count). The van der Waals surface area contributed by atoms with Crippen LogP contribution in [0.1, 0.15) is 47.7 Å². The second kappa shape index (κ2) is 7.47. The van der Waals surface area contributed by atoms with E-state index in [1.54, 1.807) is 24.3 Å². The van der Waals surface area contributed by atoms with Gasteiger partial charge in [-0.2, -0.15) is 0 Å². The Kier molecular flexibility index (Phi) is 4.99. The lowest BCUT2D eigenvalue weighted by molar-refractivity contribution is -0.122. The van der Waals surface area contributed by atoms with E-state index < -0.39 is 0 Å². The van der Waals surface area contributed by atoms with Crippen molar-refractivity contribution < 1.29 is 14.4 Å². The monoisotopic (exact) mass is 390 g/mol. The first-order chi connectivity index (χ1) is 13.8. The lowest BCUT2D eigenvalue weighted by Crippen LogP contribution is -2.31. The zero-order valence-electron chi connectivity index (χ0n) is 17.1. The summed E-state index contributed by atoms with van der Waals surface area (Å²) in [7, 11) is 0. The summed E-state index contributed by atoms with van der Waals surface area (Å²) in [4.78, 5) is 39.9. The van der Waals surface area contributed by atoms with Crippen molar-refractivity contribution in [2.24, 2.45) is 17.8 Å². The Morgan fingerprint density at radius 3 is 2.48 bits per heavy atom. The van der Waals surface area contributed by atoms with Gasteiger partial charge in [0.15, 0.2) is 0 Å². The molecule has 29 heavy (non-hydrogen) atoms. The van der Waals surface area contributed by atoms with Crippen LogP contribution in [-0.4, -0.2) is 17.7 Å². The van der Waals surface area contributed by atoms with Gasteiger partial charge in [0, 0.05) is 11.3 Å². The lowest BCUT2D eigenvalue weighted by Gasteiger charge is -2.25. The van der Waals surface area contributed by atoms with Crippen LogP contribution in [0, 0.1) is 31.6 Å². The third kappa shape index (κ3) is 3.57. The molecule has 1 saturated heterocycles. The molecule has 1 saturated carbocycles. The molecule has 0 spiro atoms. The Morgan fingerprint density at radius 1 is 0.966 bits per heavy atom. The number of benzene rings is 2. The minimum Gasteiger partial charge on any atom is -0.322 e. The molecule has 2 aromatic carbocycles. The van der Waals surface area contributed by atoms with Gasteiger partial charge in [0.2, 0.25) is 11.8 Å². The second-order valence-electron chi connectivity index (χ2n) is 8.45. The van der Waals surface area contributed by atoms with Gasteiger partial charge < -0.3 is 5.32 Å². The van der Waals surface area contributed by atoms with Crippen LogP contribution in [0.4, 0.5) is 11.4 Å². The zero-order chi connectivity index (χ0) is 20.7. The van der Waals surface area contributed by atoms with Crippen molar-refractivity contribution in [3.63, 3.8) is 0 Å². The van der Waals surface area contributed by atoms with E-state index in [1.807, 2.05) is 32.0 Å². The van der Waals surface area contributed by atoms with E-state index in [-0.39, 0.29) is 29.6 Å². The summed E-state index contributed by atoms with van der Waals surface area (Å²) in [5.74, 6) is -0.494. The molecule has 2 aromatic rings. The summed E-state index contributed by atoms with van der Waals surface area (Å²) in [6.45, 7) is 6.15. The maximum atomic E-state index is 12.9. The van der Waals surface area contributed by atoms with Crippen molar-refractivity contribution >= 4 is 29.1 Å². The van der Waals surface area contributed by atoms with Gasteiger partial charge in [0.25, 0.3) is 5.91 Å². The fourth-order valence-corrected chi connectivity index (χ4v) is 4.45. The largest absolute Gasteiger partial charge is 0.322 e. The Balaban J connectivity index is 1.57. The zero-order valence-corrected chi connectivity index (χ0v) is 17.1. The van der Waals surface area contributed by atoms with E-state index in [1.165, 1.54) is 4.90 Å². The molecule has 0 radical (unpaired) electrons. The van der Waals surface area contributed by atoms with Crippen molar-refractivity contribution in [3.8, 4) is 0 Å². The van der Waals surface area contributed by atoms with Gasteiger partial charge >= 0.3 is 0 Å². The number of hydrogen-bond donors (Lipinski definition) is 1. The number of anilines is 2. The highest BCUT2D eigenvalue weighted by Crippen LogP contribution is 2.42. The van der Waals surface area contributed by atoms with Crippen molar-refractivity contribution in [2.45, 2.75) is 40.0 Å². The van der Waals surface area contributed by atoms with Crippen molar-refractivity contribution in [3.05, 3.63) is 59.2 Å². The van der Waals surface area contributed by atoms with E-state index in [4.69, 9.17) is 0 Å². The van der Waals surface area contributed by atoms with Crippen LogP contribution in [0.5, 0.6) is 0 Å². The third-order valence-electron chi connectivity index (χ3n) is 6.32. The molecule has 5 heteroatoms. The molecule has 3 amide bonds. The smallest absolute Gasteiger partial charge is 0.255 e. The molecule has 0 aromatic heterocycles. The summed E-state index contributed by atoms with van der Waals surface area (Å²) in [6, 6.07) is 12.5. The highest BCUT2D eigenvalue weighted by molar-refractivity contribution is 6.22. The normalized spacial score (nSPS) is 23.8. The molecular weight excluding hydrogens is 364 g/mol. The third-order valence-corrected chi connectivity index (χ3v) is 6.32. The van der Waals surface area contributed by atoms with Crippen molar-refractivity contribution in [1.82, 2.24) is 0 Å². The number of nitrogens with zero attached hydrogens (tertiary/aromatic N) is 1. The number of rotatable bonds is 3. The summed E-state index contributed by atoms with van der Waals surface area (Å²) in [6.07, 6.45) is 2.50. The summed E-state index contributed by atoms with van der Waals surface area (Å²) >= 11 is 0. The number of carbonyl (C=O) groups excluding carboxylic acids is 3. The van der Waals surface area contributed by atoms with Gasteiger partial charge in [-0.3, -0.25) is 19.3 Å². The van der Waals surface area contributed by atoms with Crippen LogP contribution in [0.25, 0.3) is 0 Å². The van der Waals surface area contributed by atoms with Gasteiger partial charge in [0.05, 0.1) is 17.5 Å². The van der Waals surface area contributed by atoms with Crippen LogP contribution in [0.2, 0.25) is 0 Å². The average molecular weight is 390 g/mol. The van der Waals surface area contributed by atoms with Gasteiger partial charge in [-0.25, -0.2) is 0 Å². The first-order valence-electron chi connectivity index (χ1n) is 10.2. The molecule has 3 atom stereocenters. The van der Waals surface area contributed by atoms with Crippen molar-refractivity contribution in [2.75, 3.05) is 10.2 Å². The highest BCUT2D eigenvalue weighted by atomic mass is 16.2. The number of amides is 3. The summed E-state index contributed by atoms with van der Waals surface area (Å²) < 4.78 is 0. The van der Waals surface area contributed by atoms with Crippen LogP contribution in [0.3, 0.4) is 0 Å². The fraction of sp³-hybridized carbons (Fsp3) is 0.375. The minimum atomic E-state index is -0.264.